The van der Waals surface area contributed by atoms with Crippen LogP contribution >= 0.6 is 24.0 Å². The lowest BCUT2D eigenvalue weighted by atomic mass is 9.96. The van der Waals surface area contributed by atoms with Crippen LogP contribution in [0.2, 0.25) is 0 Å². The third-order valence-electron chi connectivity index (χ3n) is 3.56. The van der Waals surface area contributed by atoms with Crippen molar-refractivity contribution in [3.05, 3.63) is 0 Å². The van der Waals surface area contributed by atoms with Gasteiger partial charge in [-0.05, 0) is 19.8 Å². The molecule has 2 N–H and O–H groups in total. The van der Waals surface area contributed by atoms with E-state index in [1.807, 2.05) is 6.92 Å². The van der Waals surface area contributed by atoms with Crippen molar-refractivity contribution in [2.24, 2.45) is 4.99 Å². The van der Waals surface area contributed by atoms with Gasteiger partial charge >= 0.3 is 0 Å². The standard InChI is InChI=1S/C15H30N4O2.HI/c1-4-21-11-10-16-15(17-12-14(20)19(2)3)18-13-8-6-5-7-9-13;/h13H,4-12H2,1-3H3,(H2,16,17,18);1H. The van der Waals surface area contributed by atoms with Crippen molar-refractivity contribution in [2.45, 2.75) is 45.1 Å². The molecule has 1 aliphatic rings. The highest BCUT2D eigenvalue weighted by Gasteiger charge is 2.15. The van der Waals surface area contributed by atoms with Crippen molar-refractivity contribution in [3.8, 4) is 0 Å². The van der Waals surface area contributed by atoms with Crippen LogP contribution in [0.15, 0.2) is 4.99 Å². The summed E-state index contributed by atoms with van der Waals surface area (Å²) in [6.07, 6.45) is 6.20. The molecule has 6 nitrogen and oxygen atoms in total. The van der Waals surface area contributed by atoms with Gasteiger partial charge in [-0.2, -0.15) is 0 Å². The lowest BCUT2D eigenvalue weighted by Gasteiger charge is -2.25. The van der Waals surface area contributed by atoms with E-state index in [1.165, 1.54) is 32.1 Å². The van der Waals surface area contributed by atoms with Crippen LogP contribution in [-0.2, 0) is 9.53 Å². The van der Waals surface area contributed by atoms with E-state index in [0.717, 1.165) is 5.96 Å². The Hall–Kier alpha value is -0.570. The Morgan fingerprint density at radius 2 is 1.95 bits per heavy atom. The zero-order chi connectivity index (χ0) is 15.5. The molecule has 1 fully saturated rings. The second-order valence-electron chi connectivity index (χ2n) is 5.56. The molecule has 0 aromatic rings. The molecule has 7 heteroatoms. The summed E-state index contributed by atoms with van der Waals surface area (Å²) in [7, 11) is 3.49. The van der Waals surface area contributed by atoms with E-state index < -0.39 is 0 Å². The van der Waals surface area contributed by atoms with E-state index in [0.29, 0.717) is 25.8 Å². The molecule has 130 valence electrons. The average Bonchev–Trinajstić information content (AvgIpc) is 2.49. The Morgan fingerprint density at radius 1 is 1.27 bits per heavy atom. The number of nitrogens with one attached hydrogen (secondary N) is 2. The number of amides is 1. The van der Waals surface area contributed by atoms with Crippen molar-refractivity contribution in [3.63, 3.8) is 0 Å². The number of hydrogen-bond donors (Lipinski definition) is 2. The Bertz CT molecular complexity index is 332. The molecule has 1 rings (SSSR count). The first kappa shape index (κ1) is 21.4. The summed E-state index contributed by atoms with van der Waals surface area (Å²) >= 11 is 0. The minimum Gasteiger partial charge on any atom is -0.380 e. The van der Waals surface area contributed by atoms with Gasteiger partial charge in [0.1, 0.15) is 6.54 Å². The molecular formula is C15H31IN4O2. The molecule has 1 amide bonds. The predicted molar refractivity (Wildman–Crippen MR) is 101 cm³/mol. The van der Waals surface area contributed by atoms with E-state index in [4.69, 9.17) is 4.74 Å². The maximum Gasteiger partial charge on any atom is 0.243 e. The summed E-state index contributed by atoms with van der Waals surface area (Å²) in [5.74, 6) is 0.723. The zero-order valence-electron chi connectivity index (χ0n) is 14.1. The molecule has 22 heavy (non-hydrogen) atoms. The fourth-order valence-corrected chi connectivity index (χ4v) is 2.27. The van der Waals surface area contributed by atoms with Gasteiger partial charge in [-0.15, -0.1) is 24.0 Å². The van der Waals surface area contributed by atoms with Crippen LogP contribution in [0.5, 0.6) is 0 Å². The number of carbonyl (C=O) groups is 1. The van der Waals surface area contributed by atoms with Gasteiger partial charge < -0.3 is 20.3 Å². The topological polar surface area (TPSA) is 66.0 Å². The largest absolute Gasteiger partial charge is 0.380 e. The summed E-state index contributed by atoms with van der Waals surface area (Å²) in [4.78, 5) is 17.6. The highest BCUT2D eigenvalue weighted by molar-refractivity contribution is 14.0. The number of carbonyl (C=O) groups excluding carboxylic acids is 1. The predicted octanol–water partition coefficient (Wildman–Crippen LogP) is 1.60. The number of nitrogens with zero attached hydrogens (tertiary/aromatic N) is 2. The lowest BCUT2D eigenvalue weighted by Crippen LogP contribution is -2.45. The number of rotatable bonds is 7. The molecule has 0 saturated heterocycles. The highest BCUT2D eigenvalue weighted by atomic mass is 127. The van der Waals surface area contributed by atoms with Gasteiger partial charge in [0.15, 0.2) is 5.96 Å². The number of hydrogen-bond acceptors (Lipinski definition) is 3. The quantitative estimate of drug-likeness (QED) is 0.281. The second-order valence-corrected chi connectivity index (χ2v) is 5.56. The maximum absolute atomic E-state index is 11.7. The molecule has 0 atom stereocenters. The molecule has 0 spiro atoms. The summed E-state index contributed by atoms with van der Waals surface area (Å²) in [6, 6.07) is 0.464. The number of likely N-dealkylation sites (N-methyl/N-ethyl adjacent to an activating group) is 1. The van der Waals surface area contributed by atoms with Crippen LogP contribution in [-0.4, -0.2) is 63.2 Å². The molecule has 1 saturated carbocycles. The summed E-state index contributed by atoms with van der Waals surface area (Å²) < 4.78 is 5.32. The minimum atomic E-state index is 0. The van der Waals surface area contributed by atoms with Crippen molar-refractivity contribution in [2.75, 3.05) is 40.4 Å². The molecule has 0 aromatic heterocycles. The van der Waals surface area contributed by atoms with E-state index in [1.54, 1.807) is 19.0 Å². The van der Waals surface area contributed by atoms with Crippen molar-refractivity contribution in [1.82, 2.24) is 15.5 Å². The normalized spacial score (nSPS) is 15.9. The Kier molecular flexibility index (Phi) is 12.6. The van der Waals surface area contributed by atoms with E-state index in [-0.39, 0.29) is 36.4 Å². The van der Waals surface area contributed by atoms with Gasteiger partial charge in [-0.1, -0.05) is 19.3 Å². The average molecular weight is 426 g/mol. The van der Waals surface area contributed by atoms with Gasteiger partial charge in [0.2, 0.25) is 5.91 Å². The maximum atomic E-state index is 11.7. The van der Waals surface area contributed by atoms with Crippen molar-refractivity contribution in [1.29, 1.82) is 0 Å². The van der Waals surface area contributed by atoms with Gasteiger partial charge in [-0.3, -0.25) is 4.79 Å². The first-order chi connectivity index (χ1) is 10.1. The first-order valence-corrected chi connectivity index (χ1v) is 7.96. The van der Waals surface area contributed by atoms with Gasteiger partial charge in [0, 0.05) is 33.3 Å². The Labute approximate surface area is 151 Å². The Morgan fingerprint density at radius 3 is 2.55 bits per heavy atom. The third kappa shape index (κ3) is 9.45. The molecular weight excluding hydrogens is 395 g/mol. The first-order valence-electron chi connectivity index (χ1n) is 7.96. The highest BCUT2D eigenvalue weighted by Crippen LogP contribution is 2.17. The molecule has 0 radical (unpaired) electrons. The van der Waals surface area contributed by atoms with Crippen LogP contribution in [0.4, 0.5) is 0 Å². The third-order valence-corrected chi connectivity index (χ3v) is 3.56. The van der Waals surface area contributed by atoms with Crippen LogP contribution in [0, 0.1) is 0 Å². The van der Waals surface area contributed by atoms with Crippen LogP contribution in [0.3, 0.4) is 0 Å². The van der Waals surface area contributed by atoms with Crippen LogP contribution in [0.1, 0.15) is 39.0 Å². The van der Waals surface area contributed by atoms with E-state index >= 15 is 0 Å². The summed E-state index contributed by atoms with van der Waals surface area (Å²) in [5, 5.41) is 6.68. The molecule has 0 unspecified atom stereocenters. The zero-order valence-corrected chi connectivity index (χ0v) is 16.4. The number of halogens is 1. The second kappa shape index (κ2) is 12.9. The molecule has 1 aliphatic carbocycles. The van der Waals surface area contributed by atoms with Gasteiger partial charge in [0.25, 0.3) is 0 Å². The monoisotopic (exact) mass is 426 g/mol. The van der Waals surface area contributed by atoms with Crippen LogP contribution < -0.4 is 10.6 Å². The minimum absolute atomic E-state index is 0. The van der Waals surface area contributed by atoms with Crippen molar-refractivity contribution >= 4 is 35.8 Å². The van der Waals surface area contributed by atoms with Gasteiger partial charge in [-0.25, -0.2) is 4.99 Å². The number of guanidine groups is 1. The molecule has 0 aliphatic heterocycles. The summed E-state index contributed by atoms with van der Waals surface area (Å²) in [6.45, 7) is 4.20. The summed E-state index contributed by atoms with van der Waals surface area (Å²) in [5.41, 5.74) is 0. The smallest absolute Gasteiger partial charge is 0.243 e. The van der Waals surface area contributed by atoms with E-state index in [2.05, 4.69) is 15.6 Å². The molecule has 0 heterocycles. The van der Waals surface area contributed by atoms with E-state index in [9.17, 15) is 4.79 Å². The number of ether oxygens (including phenoxy) is 1. The van der Waals surface area contributed by atoms with Crippen LogP contribution in [0.25, 0.3) is 0 Å². The molecule has 0 aromatic carbocycles. The fraction of sp³-hybridized carbons (Fsp3) is 0.867. The fourth-order valence-electron chi connectivity index (χ4n) is 2.27. The Balaban J connectivity index is 0.00000441. The number of aliphatic imine (C=N–C) groups is 1. The van der Waals surface area contributed by atoms with Gasteiger partial charge in [0.05, 0.1) is 6.61 Å². The molecule has 0 bridgehead atoms. The SMILES string of the molecule is CCOCCNC(=NCC(=O)N(C)C)NC1CCCCC1.I. The lowest BCUT2D eigenvalue weighted by molar-refractivity contribution is -0.127. The van der Waals surface area contributed by atoms with Crippen molar-refractivity contribution < 1.29 is 9.53 Å².